The predicted octanol–water partition coefficient (Wildman–Crippen LogP) is 3.87. The molecule has 1 saturated carbocycles. The van der Waals surface area contributed by atoms with Crippen molar-refractivity contribution in [3.63, 3.8) is 0 Å². The Kier molecular flexibility index (Phi) is 7.18. The summed E-state index contributed by atoms with van der Waals surface area (Å²) >= 11 is 5.97. The van der Waals surface area contributed by atoms with Crippen molar-refractivity contribution in [1.29, 1.82) is 0 Å². The molecule has 2 atom stereocenters. The smallest absolute Gasteiger partial charge is 0.410 e. The quantitative estimate of drug-likeness (QED) is 0.600. The first kappa shape index (κ1) is 26.3. The topological polar surface area (TPSA) is 96.4 Å². The summed E-state index contributed by atoms with van der Waals surface area (Å²) in [5, 5.41) is 10.1. The zero-order valence-electron chi connectivity index (χ0n) is 19.9. The van der Waals surface area contributed by atoms with Crippen LogP contribution in [0, 0.1) is 11.6 Å². The summed E-state index contributed by atoms with van der Waals surface area (Å²) < 4.78 is 69.2. The van der Waals surface area contributed by atoms with Crippen molar-refractivity contribution in [2.45, 2.75) is 54.4 Å². The van der Waals surface area contributed by atoms with E-state index in [1.165, 1.54) is 33.5 Å². The first-order chi connectivity index (χ1) is 17.6. The van der Waals surface area contributed by atoms with E-state index in [1.54, 1.807) is 0 Å². The van der Waals surface area contributed by atoms with Gasteiger partial charge in [-0.3, -0.25) is 0 Å². The number of likely N-dealkylation sites (tertiary alicyclic amines) is 1. The standard InChI is InChI=1S/C25H27ClF2N2O6S/c26-17-1-3-21(4-2-17)37(33,34)30-22(16-11-18(27)13-19(28)12-16)14-35-15-23(30)25(7-8-25)36-24(32)29-9-5-20(31)6-10-29/h1-4,11-13,20,22-23,31H,5-10,14-15H2/t22-,23+/m0/s1. The summed E-state index contributed by atoms with van der Waals surface area (Å²) in [7, 11) is -4.25. The summed E-state index contributed by atoms with van der Waals surface area (Å²) in [6.07, 6.45) is 0.600. The predicted molar refractivity (Wildman–Crippen MR) is 129 cm³/mol. The number of ether oxygens (including phenoxy) is 2. The molecule has 2 aromatic carbocycles. The molecule has 12 heteroatoms. The minimum absolute atomic E-state index is 0.0576. The van der Waals surface area contributed by atoms with E-state index >= 15 is 0 Å². The molecule has 8 nitrogen and oxygen atoms in total. The Labute approximate surface area is 218 Å². The normalized spacial score (nSPS) is 24.6. The molecule has 3 aliphatic rings. The van der Waals surface area contributed by atoms with Gasteiger partial charge in [0.2, 0.25) is 10.0 Å². The minimum atomic E-state index is -4.25. The van der Waals surface area contributed by atoms with Gasteiger partial charge in [-0.1, -0.05) is 11.6 Å². The molecule has 1 amide bonds. The molecular formula is C25H27ClF2N2O6S. The van der Waals surface area contributed by atoms with Crippen molar-refractivity contribution in [3.05, 3.63) is 64.7 Å². The van der Waals surface area contributed by atoms with Crippen molar-refractivity contribution in [3.8, 4) is 0 Å². The summed E-state index contributed by atoms with van der Waals surface area (Å²) in [5.41, 5.74) is -1.07. The van der Waals surface area contributed by atoms with Gasteiger partial charge in [0.15, 0.2) is 0 Å². The van der Waals surface area contributed by atoms with Crippen LogP contribution in [0.3, 0.4) is 0 Å². The number of halogens is 3. The van der Waals surface area contributed by atoms with Gasteiger partial charge in [-0.2, -0.15) is 4.31 Å². The second-order valence-corrected chi connectivity index (χ2v) is 12.0. The molecule has 0 unspecified atom stereocenters. The Morgan fingerprint density at radius 2 is 1.68 bits per heavy atom. The van der Waals surface area contributed by atoms with Crippen LogP contribution >= 0.6 is 11.6 Å². The van der Waals surface area contributed by atoms with E-state index in [1.807, 2.05) is 0 Å². The van der Waals surface area contributed by atoms with E-state index in [2.05, 4.69) is 0 Å². The summed E-state index contributed by atoms with van der Waals surface area (Å²) in [5.74, 6) is -1.69. The van der Waals surface area contributed by atoms with Crippen LogP contribution in [0.5, 0.6) is 0 Å². The van der Waals surface area contributed by atoms with Crippen molar-refractivity contribution in [2.24, 2.45) is 0 Å². The number of piperidine rings is 1. The molecule has 2 saturated heterocycles. The molecule has 2 aromatic rings. The number of nitrogens with zero attached hydrogens (tertiary/aromatic N) is 2. The van der Waals surface area contributed by atoms with Crippen LogP contribution < -0.4 is 0 Å². The SMILES string of the molecule is O=C(OC1([C@H]2COC[C@@H](c3cc(F)cc(F)c3)N2S(=O)(=O)c2ccc(Cl)cc2)CC1)N1CCC(O)CC1. The second-order valence-electron chi connectivity index (χ2n) is 9.71. The molecule has 0 bridgehead atoms. The largest absolute Gasteiger partial charge is 0.441 e. The van der Waals surface area contributed by atoms with Crippen LogP contribution in [0.1, 0.15) is 37.3 Å². The number of carbonyl (C=O) groups is 1. The molecule has 0 radical (unpaired) electrons. The van der Waals surface area contributed by atoms with Crippen LogP contribution in [0.25, 0.3) is 0 Å². The summed E-state index contributed by atoms with van der Waals surface area (Å²) in [6, 6.07) is 6.47. The molecule has 200 valence electrons. The number of benzene rings is 2. The molecule has 0 spiro atoms. The lowest BCUT2D eigenvalue weighted by Gasteiger charge is -2.44. The second kappa shape index (κ2) is 10.1. The highest BCUT2D eigenvalue weighted by atomic mass is 35.5. The molecule has 0 aromatic heterocycles. The zero-order chi connectivity index (χ0) is 26.4. The van der Waals surface area contributed by atoms with Gasteiger partial charge in [-0.05, 0) is 67.6 Å². The molecule has 3 fully saturated rings. The van der Waals surface area contributed by atoms with Gasteiger partial charge < -0.3 is 19.5 Å². The van der Waals surface area contributed by atoms with Crippen molar-refractivity contribution >= 4 is 27.7 Å². The molecule has 37 heavy (non-hydrogen) atoms. The number of sulfonamides is 1. The Morgan fingerprint density at radius 1 is 1.05 bits per heavy atom. The fourth-order valence-electron chi connectivity index (χ4n) is 5.03. The fourth-order valence-corrected chi connectivity index (χ4v) is 6.98. The first-order valence-electron chi connectivity index (χ1n) is 12.1. The Morgan fingerprint density at radius 3 is 2.27 bits per heavy atom. The fraction of sp³-hybridized carbons (Fsp3) is 0.480. The van der Waals surface area contributed by atoms with E-state index in [4.69, 9.17) is 21.1 Å². The molecule has 1 N–H and O–H groups in total. The third-order valence-corrected chi connectivity index (χ3v) is 9.37. The van der Waals surface area contributed by atoms with Gasteiger partial charge in [0.1, 0.15) is 17.2 Å². The monoisotopic (exact) mass is 556 g/mol. The molecule has 2 heterocycles. The van der Waals surface area contributed by atoms with E-state index in [0.29, 0.717) is 49.9 Å². The number of carbonyl (C=O) groups excluding carboxylic acids is 1. The van der Waals surface area contributed by atoms with Gasteiger partial charge >= 0.3 is 6.09 Å². The van der Waals surface area contributed by atoms with Crippen molar-refractivity contribution < 1.29 is 36.6 Å². The number of rotatable bonds is 5. The number of hydrogen-bond acceptors (Lipinski definition) is 6. The lowest BCUT2D eigenvalue weighted by atomic mass is 10.0. The number of aliphatic hydroxyl groups excluding tert-OH is 1. The zero-order valence-corrected chi connectivity index (χ0v) is 21.4. The highest BCUT2D eigenvalue weighted by Gasteiger charge is 2.60. The highest BCUT2D eigenvalue weighted by molar-refractivity contribution is 7.89. The number of hydrogen-bond donors (Lipinski definition) is 1. The van der Waals surface area contributed by atoms with E-state index in [9.17, 15) is 27.1 Å². The maximum absolute atomic E-state index is 14.2. The maximum Gasteiger partial charge on any atom is 0.410 e. The van der Waals surface area contributed by atoms with Gasteiger partial charge in [0.25, 0.3) is 0 Å². The maximum atomic E-state index is 14.2. The van der Waals surface area contributed by atoms with Crippen LogP contribution in [0.4, 0.5) is 13.6 Å². The molecular weight excluding hydrogens is 530 g/mol. The Balaban J connectivity index is 1.52. The first-order valence-corrected chi connectivity index (χ1v) is 13.9. The van der Waals surface area contributed by atoms with Crippen molar-refractivity contribution in [1.82, 2.24) is 9.21 Å². The number of morpholine rings is 1. The lowest BCUT2D eigenvalue weighted by Crippen LogP contribution is -2.58. The average molecular weight is 557 g/mol. The highest BCUT2D eigenvalue weighted by Crippen LogP contribution is 2.50. The van der Waals surface area contributed by atoms with Crippen LogP contribution in [0.15, 0.2) is 47.4 Å². The van der Waals surface area contributed by atoms with Crippen LogP contribution in [-0.2, 0) is 19.5 Å². The van der Waals surface area contributed by atoms with Gasteiger partial charge in [-0.25, -0.2) is 22.0 Å². The van der Waals surface area contributed by atoms with Crippen LogP contribution in [0.2, 0.25) is 5.02 Å². The molecule has 5 rings (SSSR count). The third-order valence-electron chi connectivity index (χ3n) is 7.19. The number of amides is 1. The molecule has 2 aliphatic heterocycles. The van der Waals surface area contributed by atoms with E-state index < -0.39 is 51.5 Å². The van der Waals surface area contributed by atoms with Gasteiger partial charge in [-0.15, -0.1) is 0 Å². The van der Waals surface area contributed by atoms with Crippen LogP contribution in [-0.4, -0.2) is 72.9 Å². The van der Waals surface area contributed by atoms with Gasteiger partial charge in [0.05, 0.1) is 36.3 Å². The Hall–Kier alpha value is -2.31. The summed E-state index contributed by atoms with van der Waals surface area (Å²) in [4.78, 5) is 14.4. The average Bonchev–Trinajstić information content (AvgIpc) is 3.64. The summed E-state index contributed by atoms with van der Waals surface area (Å²) in [6.45, 7) is 0.456. The van der Waals surface area contributed by atoms with Gasteiger partial charge in [0, 0.05) is 24.2 Å². The number of aliphatic hydroxyl groups is 1. The third kappa shape index (κ3) is 5.33. The lowest BCUT2D eigenvalue weighted by molar-refractivity contribution is -0.0739. The van der Waals surface area contributed by atoms with Crippen molar-refractivity contribution in [2.75, 3.05) is 26.3 Å². The molecule has 1 aliphatic carbocycles. The van der Waals surface area contributed by atoms with E-state index in [-0.39, 0.29) is 23.7 Å². The van der Waals surface area contributed by atoms with E-state index in [0.717, 1.165) is 12.1 Å². The Bertz CT molecular complexity index is 1250. The minimum Gasteiger partial charge on any atom is -0.441 e.